The van der Waals surface area contributed by atoms with Gasteiger partial charge in [0.15, 0.2) is 0 Å². The summed E-state index contributed by atoms with van der Waals surface area (Å²) in [6, 6.07) is 77.2. The molecule has 11 aromatic carbocycles. The predicted octanol–water partition coefficient (Wildman–Crippen LogP) is 18.6. The Morgan fingerprint density at radius 2 is 1.09 bits per heavy atom. The van der Waals surface area contributed by atoms with E-state index in [4.69, 9.17) is 4.99 Å². The first-order valence-electron chi connectivity index (χ1n) is 24.6. The zero-order chi connectivity index (χ0) is 45.7. The molecule has 0 saturated heterocycles. The third kappa shape index (κ3) is 6.27. The lowest BCUT2D eigenvalue weighted by atomic mass is 9.76. The molecule has 14 rings (SSSR count). The molecule has 2 aromatic heterocycles. The Labute approximate surface area is 405 Å². The number of hydrogen-bond acceptors (Lipinski definition) is 2. The number of aromatic nitrogens is 1. The Kier molecular flexibility index (Phi) is 9.26. The van der Waals surface area contributed by atoms with Gasteiger partial charge in [-0.3, -0.25) is 4.99 Å². The highest BCUT2D eigenvalue weighted by Gasteiger charge is 2.33. The van der Waals surface area contributed by atoms with Crippen LogP contribution in [-0.4, -0.2) is 10.3 Å². The number of allylic oxidation sites excluding steroid dienone is 1. The SMILES string of the molecule is CCC1/C(c2cc3ccccc3c3ccccc23)=C/CC(C)/C(c2ccc3sc4cc5ccccc5cc4c3c2-n2c3ccccc3c3cc4ccccc4cc32)=N\C1c1cccc2ccccc12. The van der Waals surface area contributed by atoms with E-state index in [2.05, 4.69) is 231 Å². The maximum Gasteiger partial charge on any atom is 0.0827 e. The Bertz CT molecular complexity index is 4310. The highest BCUT2D eigenvalue weighted by molar-refractivity contribution is 7.26. The summed E-state index contributed by atoms with van der Waals surface area (Å²) in [7, 11) is 0. The Morgan fingerprint density at radius 3 is 1.86 bits per heavy atom. The maximum absolute atomic E-state index is 6.35. The van der Waals surface area contributed by atoms with Gasteiger partial charge in [-0.1, -0.05) is 178 Å². The molecule has 0 aliphatic carbocycles. The fourth-order valence-corrected chi connectivity index (χ4v) is 13.3. The molecule has 328 valence electrons. The highest BCUT2D eigenvalue weighted by atomic mass is 32.1. The van der Waals surface area contributed by atoms with Gasteiger partial charge in [0, 0.05) is 54.1 Å². The van der Waals surface area contributed by atoms with Crippen LogP contribution in [0.5, 0.6) is 0 Å². The monoisotopic (exact) mass is 900 g/mol. The summed E-state index contributed by atoms with van der Waals surface area (Å²) < 4.78 is 5.19. The molecule has 3 heterocycles. The van der Waals surface area contributed by atoms with E-state index in [0.717, 1.165) is 18.6 Å². The van der Waals surface area contributed by atoms with Crippen molar-refractivity contribution in [1.82, 2.24) is 4.57 Å². The first-order valence-corrected chi connectivity index (χ1v) is 25.4. The molecule has 3 unspecified atom stereocenters. The lowest BCUT2D eigenvalue weighted by Gasteiger charge is -2.33. The Hall–Kier alpha value is -7.85. The van der Waals surface area contributed by atoms with E-state index in [1.165, 1.54) is 124 Å². The second-order valence-corrected chi connectivity index (χ2v) is 20.3. The molecule has 0 radical (unpaired) electrons. The van der Waals surface area contributed by atoms with Crippen molar-refractivity contribution in [2.24, 2.45) is 16.8 Å². The average molecular weight is 901 g/mol. The minimum absolute atomic E-state index is 0.0952. The van der Waals surface area contributed by atoms with Crippen molar-refractivity contribution in [3.8, 4) is 5.69 Å². The van der Waals surface area contributed by atoms with Crippen LogP contribution in [0.4, 0.5) is 0 Å². The first-order chi connectivity index (χ1) is 34.1. The first kappa shape index (κ1) is 40.2. The van der Waals surface area contributed by atoms with Crippen LogP contribution in [0, 0.1) is 11.8 Å². The smallest absolute Gasteiger partial charge is 0.0827 e. The van der Waals surface area contributed by atoms with Gasteiger partial charge in [0.25, 0.3) is 0 Å². The van der Waals surface area contributed by atoms with Crippen LogP contribution < -0.4 is 0 Å². The van der Waals surface area contributed by atoms with Gasteiger partial charge in [-0.05, 0) is 132 Å². The molecule has 0 N–H and O–H groups in total. The zero-order valence-corrected chi connectivity index (χ0v) is 39.5. The second-order valence-electron chi connectivity index (χ2n) is 19.2. The predicted molar refractivity (Wildman–Crippen MR) is 299 cm³/mol. The summed E-state index contributed by atoms with van der Waals surface area (Å²) >= 11 is 1.90. The summed E-state index contributed by atoms with van der Waals surface area (Å²) in [6.45, 7) is 4.80. The van der Waals surface area contributed by atoms with Crippen LogP contribution in [0.25, 0.3) is 107 Å². The normalized spacial score (nSPS) is 18.4. The summed E-state index contributed by atoms with van der Waals surface area (Å²) in [5.41, 5.74) is 10.00. The van der Waals surface area contributed by atoms with E-state index in [1.54, 1.807) is 0 Å². The summed E-state index contributed by atoms with van der Waals surface area (Å²) in [5, 5.41) is 17.8. The van der Waals surface area contributed by atoms with Crippen molar-refractivity contribution < 1.29 is 0 Å². The van der Waals surface area contributed by atoms with Crippen LogP contribution in [0.3, 0.4) is 0 Å². The van der Waals surface area contributed by atoms with E-state index in [-0.39, 0.29) is 17.9 Å². The topological polar surface area (TPSA) is 17.3 Å². The zero-order valence-electron chi connectivity index (χ0n) is 38.7. The van der Waals surface area contributed by atoms with Gasteiger partial charge in [0.05, 0.1) is 22.8 Å². The van der Waals surface area contributed by atoms with Gasteiger partial charge in [0.2, 0.25) is 0 Å². The molecule has 0 fully saturated rings. The third-order valence-corrected chi connectivity index (χ3v) is 16.5. The molecular weight excluding hydrogens is 853 g/mol. The number of hydrogen-bond donors (Lipinski definition) is 0. The molecule has 0 spiro atoms. The van der Waals surface area contributed by atoms with Crippen LogP contribution >= 0.6 is 11.3 Å². The Balaban J connectivity index is 1.10. The molecule has 3 heteroatoms. The lowest BCUT2D eigenvalue weighted by molar-refractivity contribution is 0.517. The van der Waals surface area contributed by atoms with E-state index in [9.17, 15) is 0 Å². The van der Waals surface area contributed by atoms with E-state index >= 15 is 0 Å². The highest BCUT2D eigenvalue weighted by Crippen LogP contribution is 2.49. The summed E-state index contributed by atoms with van der Waals surface area (Å²) in [4.78, 5) is 6.35. The van der Waals surface area contributed by atoms with Crippen molar-refractivity contribution in [2.75, 3.05) is 0 Å². The number of benzene rings is 11. The van der Waals surface area contributed by atoms with E-state index in [0.29, 0.717) is 0 Å². The van der Waals surface area contributed by atoms with Gasteiger partial charge in [0.1, 0.15) is 0 Å². The van der Waals surface area contributed by atoms with Crippen LogP contribution in [0.2, 0.25) is 0 Å². The minimum atomic E-state index is -0.163. The number of para-hydroxylation sites is 1. The molecule has 0 saturated carbocycles. The van der Waals surface area contributed by atoms with Gasteiger partial charge < -0.3 is 4.57 Å². The quantitative estimate of drug-likeness (QED) is 0.153. The van der Waals surface area contributed by atoms with Crippen LogP contribution in [0.1, 0.15) is 49.4 Å². The van der Waals surface area contributed by atoms with Crippen molar-refractivity contribution in [2.45, 2.75) is 32.7 Å². The largest absolute Gasteiger partial charge is 0.308 e. The third-order valence-electron chi connectivity index (χ3n) is 15.4. The fourth-order valence-electron chi connectivity index (χ4n) is 12.2. The van der Waals surface area contributed by atoms with Crippen LogP contribution in [0.15, 0.2) is 217 Å². The molecular formula is C66H48N2S. The number of thiophene rings is 1. The van der Waals surface area contributed by atoms with Crippen molar-refractivity contribution in [3.05, 3.63) is 229 Å². The average Bonchev–Trinajstić information content (AvgIpc) is 3.92. The molecule has 2 nitrogen and oxygen atoms in total. The van der Waals surface area contributed by atoms with Gasteiger partial charge in [-0.2, -0.15) is 0 Å². The number of fused-ring (bicyclic) bond motifs is 12. The van der Waals surface area contributed by atoms with Gasteiger partial charge >= 0.3 is 0 Å². The lowest BCUT2D eigenvalue weighted by Crippen LogP contribution is -2.23. The van der Waals surface area contributed by atoms with Crippen molar-refractivity contribution >= 4 is 118 Å². The van der Waals surface area contributed by atoms with E-state index in [1.807, 2.05) is 11.3 Å². The molecule has 0 bridgehead atoms. The van der Waals surface area contributed by atoms with Crippen molar-refractivity contribution in [1.29, 1.82) is 0 Å². The number of rotatable bonds is 5. The second kappa shape index (κ2) is 15.9. The van der Waals surface area contributed by atoms with Gasteiger partial charge in [-0.15, -0.1) is 11.3 Å². The maximum atomic E-state index is 6.35. The molecule has 0 amide bonds. The minimum Gasteiger partial charge on any atom is -0.308 e. The number of aliphatic imine (C=N–C) groups is 1. The van der Waals surface area contributed by atoms with Crippen molar-refractivity contribution in [3.63, 3.8) is 0 Å². The number of nitrogens with zero attached hydrogens (tertiary/aromatic N) is 2. The standard InChI is InChI=1S/C66H48N2S/c1-3-47-52(56-37-46-22-9-11-25-49(46)50-26-12-13-27-51(50)56)32-31-40(2)64(67-65(47)54-29-16-23-41-17-8-10-24-48(41)54)55-33-34-61-63(58-36-43-19-5-7-21-45(43)39-62(58)69-61)66(55)68-59-30-15-14-28-53(59)57-35-42-18-4-6-20-44(42)38-60(57)68/h4-30,32-40,47,65H,3,31H2,1-2H3/b52-32-,67-64+. The molecule has 3 atom stereocenters. The van der Waals surface area contributed by atoms with Gasteiger partial charge in [-0.25, -0.2) is 0 Å². The Morgan fingerprint density at radius 1 is 0.478 bits per heavy atom. The summed E-state index contributed by atoms with van der Waals surface area (Å²) in [5.74, 6) is 0.195. The summed E-state index contributed by atoms with van der Waals surface area (Å²) in [6.07, 6.45) is 4.40. The molecule has 1 aliphatic heterocycles. The molecule has 1 aliphatic rings. The fraction of sp³-hybridized carbons (Fsp3) is 0.106. The molecule has 69 heavy (non-hydrogen) atoms. The van der Waals surface area contributed by atoms with E-state index < -0.39 is 0 Å². The van der Waals surface area contributed by atoms with Crippen LogP contribution in [-0.2, 0) is 0 Å². The molecule has 13 aromatic rings.